The molecular weight excluding hydrogens is 271 g/mol. The molecule has 2 bridgehead atoms. The smallest absolute Gasteiger partial charge is 0.00547 e. The lowest BCUT2D eigenvalue weighted by atomic mass is 9.74. The maximum absolute atomic E-state index is 2.64. The second kappa shape index (κ2) is 4.08. The Morgan fingerprint density at radius 3 is 2.85 bits per heavy atom. The molecular formula is C12H21I. The van der Waals surface area contributed by atoms with Crippen LogP contribution in [0.4, 0.5) is 0 Å². The van der Waals surface area contributed by atoms with Crippen LogP contribution in [0.15, 0.2) is 0 Å². The third-order valence-corrected chi connectivity index (χ3v) is 5.88. The Labute approximate surface area is 96.0 Å². The maximum Gasteiger partial charge on any atom is 0.00547 e. The van der Waals surface area contributed by atoms with Gasteiger partial charge in [0.1, 0.15) is 0 Å². The van der Waals surface area contributed by atoms with Crippen LogP contribution in [0.25, 0.3) is 0 Å². The van der Waals surface area contributed by atoms with Crippen LogP contribution in [0.1, 0.15) is 51.9 Å². The van der Waals surface area contributed by atoms with E-state index in [1.54, 1.807) is 25.7 Å². The van der Waals surface area contributed by atoms with Gasteiger partial charge in [0.2, 0.25) is 0 Å². The normalized spacial score (nSPS) is 43.8. The van der Waals surface area contributed by atoms with Gasteiger partial charge >= 0.3 is 0 Å². The van der Waals surface area contributed by atoms with Crippen molar-refractivity contribution < 1.29 is 0 Å². The lowest BCUT2D eigenvalue weighted by Crippen LogP contribution is -2.26. The van der Waals surface area contributed by atoms with Crippen LogP contribution in [0.5, 0.6) is 0 Å². The predicted molar refractivity (Wildman–Crippen MR) is 66.3 cm³/mol. The molecule has 2 aliphatic carbocycles. The number of alkyl halides is 1. The molecule has 0 aromatic heterocycles. The lowest BCUT2D eigenvalue weighted by Gasteiger charge is -2.33. The Balaban J connectivity index is 2.11. The van der Waals surface area contributed by atoms with Crippen LogP contribution in [-0.2, 0) is 0 Å². The fraction of sp³-hybridized carbons (Fsp3) is 1.00. The van der Waals surface area contributed by atoms with Crippen molar-refractivity contribution in [2.24, 2.45) is 17.3 Å². The van der Waals surface area contributed by atoms with Gasteiger partial charge in [-0.15, -0.1) is 0 Å². The van der Waals surface area contributed by atoms with Gasteiger partial charge in [-0.25, -0.2) is 0 Å². The molecule has 0 spiro atoms. The van der Waals surface area contributed by atoms with E-state index in [4.69, 9.17) is 0 Å². The molecule has 0 radical (unpaired) electrons. The first-order chi connectivity index (χ1) is 6.30. The van der Waals surface area contributed by atoms with E-state index in [9.17, 15) is 0 Å². The summed E-state index contributed by atoms with van der Waals surface area (Å²) in [4.78, 5) is 0. The highest BCUT2D eigenvalue weighted by Gasteiger charge is 2.46. The maximum atomic E-state index is 2.64. The molecule has 0 aromatic rings. The van der Waals surface area contributed by atoms with Crippen molar-refractivity contribution in [3.63, 3.8) is 0 Å². The average molecular weight is 292 g/mol. The van der Waals surface area contributed by atoms with Crippen LogP contribution in [0, 0.1) is 17.3 Å². The highest BCUT2D eigenvalue weighted by atomic mass is 127. The molecule has 2 saturated carbocycles. The standard InChI is InChI=1S/C12H21I/c1-2-6-12(9-13)8-10-4-3-5-11(12)7-10/h10-11H,2-9H2,1H3. The van der Waals surface area contributed by atoms with Crippen molar-refractivity contribution in [3.05, 3.63) is 0 Å². The molecule has 0 heterocycles. The van der Waals surface area contributed by atoms with E-state index >= 15 is 0 Å². The van der Waals surface area contributed by atoms with Crippen molar-refractivity contribution in [2.75, 3.05) is 4.43 Å². The number of hydrogen-bond acceptors (Lipinski definition) is 0. The second-order valence-electron chi connectivity index (χ2n) is 5.18. The van der Waals surface area contributed by atoms with Crippen molar-refractivity contribution in [1.82, 2.24) is 0 Å². The van der Waals surface area contributed by atoms with Gasteiger partial charge in [-0.3, -0.25) is 0 Å². The summed E-state index contributed by atoms with van der Waals surface area (Å²) < 4.78 is 1.42. The number of halogens is 1. The minimum Gasteiger partial charge on any atom is -0.0858 e. The minimum atomic E-state index is 0.774. The molecule has 0 saturated heterocycles. The van der Waals surface area contributed by atoms with Gasteiger partial charge in [0.05, 0.1) is 0 Å². The van der Waals surface area contributed by atoms with E-state index in [0.29, 0.717) is 0 Å². The Morgan fingerprint density at radius 2 is 2.23 bits per heavy atom. The van der Waals surface area contributed by atoms with Crippen LogP contribution in [0.3, 0.4) is 0 Å². The van der Waals surface area contributed by atoms with Crippen LogP contribution in [0.2, 0.25) is 0 Å². The van der Waals surface area contributed by atoms with Crippen molar-refractivity contribution in [1.29, 1.82) is 0 Å². The zero-order chi connectivity index (χ0) is 9.31. The molecule has 2 aliphatic rings. The first kappa shape index (κ1) is 10.3. The summed E-state index contributed by atoms with van der Waals surface area (Å²) in [7, 11) is 0. The molecule has 2 rings (SSSR count). The quantitative estimate of drug-likeness (QED) is 0.533. The van der Waals surface area contributed by atoms with Crippen molar-refractivity contribution >= 4 is 22.6 Å². The second-order valence-corrected chi connectivity index (χ2v) is 5.94. The molecule has 0 nitrogen and oxygen atoms in total. The third-order valence-electron chi connectivity index (χ3n) is 4.36. The Morgan fingerprint density at radius 1 is 1.38 bits per heavy atom. The summed E-state index contributed by atoms with van der Waals surface area (Å²) in [5.41, 5.74) is 0.774. The topological polar surface area (TPSA) is 0 Å². The molecule has 3 unspecified atom stereocenters. The SMILES string of the molecule is CCCC1(CI)CC2CCCC1C2. The molecule has 1 heteroatoms. The molecule has 2 fully saturated rings. The fourth-order valence-corrected chi connectivity index (χ4v) is 5.12. The molecule has 0 aromatic carbocycles. The van der Waals surface area contributed by atoms with Crippen LogP contribution in [-0.4, -0.2) is 4.43 Å². The molecule has 3 atom stereocenters. The third kappa shape index (κ3) is 1.78. The predicted octanol–water partition coefficient (Wildman–Crippen LogP) is 4.42. The number of hydrogen-bond donors (Lipinski definition) is 0. The monoisotopic (exact) mass is 292 g/mol. The van der Waals surface area contributed by atoms with Crippen LogP contribution >= 0.6 is 22.6 Å². The number of fused-ring (bicyclic) bond motifs is 2. The minimum absolute atomic E-state index is 0.774. The highest BCUT2D eigenvalue weighted by molar-refractivity contribution is 14.1. The zero-order valence-electron chi connectivity index (χ0n) is 8.69. The van der Waals surface area contributed by atoms with E-state index in [-0.39, 0.29) is 0 Å². The van der Waals surface area contributed by atoms with E-state index in [1.807, 2.05) is 0 Å². The Bertz CT molecular complexity index is 178. The van der Waals surface area contributed by atoms with Gasteiger partial charge in [0.25, 0.3) is 0 Å². The summed E-state index contributed by atoms with van der Waals surface area (Å²) >= 11 is 2.64. The fourth-order valence-electron chi connectivity index (χ4n) is 3.81. The highest BCUT2D eigenvalue weighted by Crippen LogP contribution is 2.56. The van der Waals surface area contributed by atoms with Gasteiger partial charge in [-0.2, -0.15) is 0 Å². The number of rotatable bonds is 3. The average Bonchev–Trinajstić information content (AvgIpc) is 2.40. The summed E-state index contributed by atoms with van der Waals surface area (Å²) in [6.45, 7) is 2.36. The molecule has 0 aliphatic heterocycles. The van der Waals surface area contributed by atoms with Gasteiger partial charge in [-0.1, -0.05) is 48.8 Å². The van der Waals surface area contributed by atoms with E-state index in [0.717, 1.165) is 17.3 Å². The van der Waals surface area contributed by atoms with Gasteiger partial charge in [0.15, 0.2) is 0 Å². The summed E-state index contributed by atoms with van der Waals surface area (Å²) in [6, 6.07) is 0. The zero-order valence-corrected chi connectivity index (χ0v) is 10.8. The van der Waals surface area contributed by atoms with E-state index in [2.05, 4.69) is 29.5 Å². The summed E-state index contributed by atoms with van der Waals surface area (Å²) in [5.74, 6) is 2.21. The van der Waals surface area contributed by atoms with Gasteiger partial charge < -0.3 is 0 Å². The van der Waals surface area contributed by atoms with Gasteiger partial charge in [-0.05, 0) is 42.9 Å². The molecule has 76 valence electrons. The lowest BCUT2D eigenvalue weighted by molar-refractivity contribution is 0.207. The van der Waals surface area contributed by atoms with E-state index < -0.39 is 0 Å². The van der Waals surface area contributed by atoms with Crippen LogP contribution < -0.4 is 0 Å². The first-order valence-electron chi connectivity index (χ1n) is 5.86. The Hall–Kier alpha value is 0.730. The molecule has 0 N–H and O–H groups in total. The van der Waals surface area contributed by atoms with E-state index in [1.165, 1.54) is 23.7 Å². The van der Waals surface area contributed by atoms with Gasteiger partial charge in [0, 0.05) is 4.43 Å². The van der Waals surface area contributed by atoms with Crippen molar-refractivity contribution in [3.8, 4) is 0 Å². The largest absolute Gasteiger partial charge is 0.0858 e. The Kier molecular flexibility index (Phi) is 3.22. The molecule has 13 heavy (non-hydrogen) atoms. The summed E-state index contributed by atoms with van der Waals surface area (Å²) in [5, 5.41) is 0. The van der Waals surface area contributed by atoms with Crippen molar-refractivity contribution in [2.45, 2.75) is 51.9 Å². The first-order valence-corrected chi connectivity index (χ1v) is 7.39. The summed E-state index contributed by atoms with van der Waals surface area (Å²) in [6.07, 6.45) is 10.6. The molecule has 0 amide bonds.